The van der Waals surface area contributed by atoms with Crippen LogP contribution in [0.3, 0.4) is 0 Å². The number of rotatable bonds is 4. The van der Waals surface area contributed by atoms with Gasteiger partial charge in [0.25, 0.3) is 0 Å². The zero-order chi connectivity index (χ0) is 11.7. The number of nitrogens with one attached hydrogen (secondary N) is 1. The summed E-state index contributed by atoms with van der Waals surface area (Å²) in [5, 5.41) is 3.46. The molecule has 0 radical (unpaired) electrons. The van der Waals surface area contributed by atoms with Crippen LogP contribution >= 0.6 is 0 Å². The zero-order valence-electron chi connectivity index (χ0n) is 10.3. The second kappa shape index (κ2) is 4.54. The van der Waals surface area contributed by atoms with Gasteiger partial charge >= 0.3 is 0 Å². The predicted octanol–water partition coefficient (Wildman–Crippen LogP) is 3.24. The maximum atomic E-state index is 13.1. The number of hydrogen-bond acceptors (Lipinski definition) is 1. The normalized spacial score (nSPS) is 23.8. The summed E-state index contributed by atoms with van der Waals surface area (Å²) in [5.41, 5.74) is 2.06. The van der Waals surface area contributed by atoms with Gasteiger partial charge in [-0.05, 0) is 48.9 Å². The van der Waals surface area contributed by atoms with Gasteiger partial charge < -0.3 is 5.32 Å². The molecular formula is C14H20FN. The van der Waals surface area contributed by atoms with Gasteiger partial charge in [0.05, 0.1) is 0 Å². The molecule has 0 saturated heterocycles. The fraction of sp³-hybridized carbons (Fsp3) is 0.571. The van der Waals surface area contributed by atoms with Crippen LogP contribution in [0.5, 0.6) is 0 Å². The molecule has 1 aromatic rings. The molecule has 88 valence electrons. The summed E-state index contributed by atoms with van der Waals surface area (Å²) in [6.45, 7) is 7.25. The fourth-order valence-corrected chi connectivity index (χ4v) is 2.17. The molecule has 2 rings (SSSR count). The van der Waals surface area contributed by atoms with Gasteiger partial charge in [0.15, 0.2) is 0 Å². The SMILES string of the molecule is Cc1cc(C2CC2CNC(C)C)ccc1F. The Balaban J connectivity index is 1.93. The Labute approximate surface area is 97.1 Å². The summed E-state index contributed by atoms with van der Waals surface area (Å²) < 4.78 is 13.1. The third-order valence-electron chi connectivity index (χ3n) is 3.32. The second-order valence-electron chi connectivity index (χ2n) is 5.17. The highest BCUT2D eigenvalue weighted by Crippen LogP contribution is 2.47. The Morgan fingerprint density at radius 1 is 1.44 bits per heavy atom. The van der Waals surface area contributed by atoms with Crippen LogP contribution in [0.25, 0.3) is 0 Å². The molecular weight excluding hydrogens is 201 g/mol. The monoisotopic (exact) mass is 221 g/mol. The van der Waals surface area contributed by atoms with E-state index in [1.54, 1.807) is 6.07 Å². The number of halogens is 1. The molecule has 0 aliphatic heterocycles. The van der Waals surface area contributed by atoms with E-state index in [1.165, 1.54) is 12.0 Å². The quantitative estimate of drug-likeness (QED) is 0.823. The van der Waals surface area contributed by atoms with E-state index in [-0.39, 0.29) is 5.82 Å². The van der Waals surface area contributed by atoms with Crippen molar-refractivity contribution >= 4 is 0 Å². The molecule has 16 heavy (non-hydrogen) atoms. The topological polar surface area (TPSA) is 12.0 Å². The molecule has 0 amide bonds. The average Bonchev–Trinajstić information content (AvgIpc) is 2.98. The first kappa shape index (κ1) is 11.6. The summed E-state index contributed by atoms with van der Waals surface area (Å²) in [4.78, 5) is 0. The van der Waals surface area contributed by atoms with Crippen molar-refractivity contribution in [2.45, 2.75) is 39.2 Å². The molecule has 2 unspecified atom stereocenters. The molecule has 1 aliphatic rings. The van der Waals surface area contributed by atoms with Gasteiger partial charge in [-0.1, -0.05) is 26.0 Å². The zero-order valence-corrected chi connectivity index (χ0v) is 10.3. The Hall–Kier alpha value is -0.890. The first-order valence-electron chi connectivity index (χ1n) is 6.07. The van der Waals surface area contributed by atoms with E-state index >= 15 is 0 Å². The van der Waals surface area contributed by atoms with Crippen molar-refractivity contribution in [2.24, 2.45) is 5.92 Å². The molecule has 1 aromatic carbocycles. The predicted molar refractivity (Wildman–Crippen MR) is 65.1 cm³/mol. The van der Waals surface area contributed by atoms with Crippen molar-refractivity contribution in [3.8, 4) is 0 Å². The Kier molecular flexibility index (Phi) is 3.29. The van der Waals surface area contributed by atoms with Crippen LogP contribution in [-0.4, -0.2) is 12.6 Å². The Morgan fingerprint density at radius 3 is 2.81 bits per heavy atom. The lowest BCUT2D eigenvalue weighted by atomic mass is 10.1. The number of benzene rings is 1. The molecule has 1 saturated carbocycles. The fourth-order valence-electron chi connectivity index (χ4n) is 2.17. The third kappa shape index (κ3) is 2.62. The maximum absolute atomic E-state index is 13.1. The minimum Gasteiger partial charge on any atom is -0.314 e. The maximum Gasteiger partial charge on any atom is 0.126 e. The highest BCUT2D eigenvalue weighted by molar-refractivity contribution is 5.30. The van der Waals surface area contributed by atoms with Gasteiger partial charge in [-0.2, -0.15) is 0 Å². The summed E-state index contributed by atoms with van der Waals surface area (Å²) in [6.07, 6.45) is 1.24. The van der Waals surface area contributed by atoms with Gasteiger partial charge in [-0.15, -0.1) is 0 Å². The first-order chi connectivity index (χ1) is 7.58. The molecule has 0 spiro atoms. The van der Waals surface area contributed by atoms with Gasteiger partial charge in [0.1, 0.15) is 5.82 Å². The molecule has 2 heteroatoms. The highest BCUT2D eigenvalue weighted by Gasteiger charge is 2.37. The van der Waals surface area contributed by atoms with Crippen LogP contribution in [0.4, 0.5) is 4.39 Å². The van der Waals surface area contributed by atoms with Crippen LogP contribution in [-0.2, 0) is 0 Å². The lowest BCUT2D eigenvalue weighted by Gasteiger charge is -2.07. The Morgan fingerprint density at radius 2 is 2.19 bits per heavy atom. The van der Waals surface area contributed by atoms with Crippen LogP contribution in [0, 0.1) is 18.7 Å². The van der Waals surface area contributed by atoms with Crippen LogP contribution in [0.2, 0.25) is 0 Å². The molecule has 1 aliphatic carbocycles. The minimum absolute atomic E-state index is 0.0961. The van der Waals surface area contributed by atoms with Crippen LogP contribution in [0.1, 0.15) is 37.3 Å². The van der Waals surface area contributed by atoms with E-state index in [9.17, 15) is 4.39 Å². The standard InChI is InChI=1S/C14H20FN/c1-9(2)16-8-12-7-13(12)11-4-5-14(15)10(3)6-11/h4-6,9,12-13,16H,7-8H2,1-3H3. The molecule has 2 atom stereocenters. The number of aryl methyl sites for hydroxylation is 1. The average molecular weight is 221 g/mol. The smallest absolute Gasteiger partial charge is 0.126 e. The van der Waals surface area contributed by atoms with Gasteiger partial charge in [0.2, 0.25) is 0 Å². The summed E-state index contributed by atoms with van der Waals surface area (Å²) in [7, 11) is 0. The van der Waals surface area contributed by atoms with E-state index in [0.717, 1.165) is 18.0 Å². The molecule has 0 heterocycles. The first-order valence-corrected chi connectivity index (χ1v) is 6.07. The van der Waals surface area contributed by atoms with E-state index in [4.69, 9.17) is 0 Å². The summed E-state index contributed by atoms with van der Waals surface area (Å²) in [5.74, 6) is 1.29. The van der Waals surface area contributed by atoms with Crippen LogP contribution < -0.4 is 5.32 Å². The van der Waals surface area contributed by atoms with Crippen molar-refractivity contribution in [1.29, 1.82) is 0 Å². The van der Waals surface area contributed by atoms with Gasteiger partial charge in [-0.3, -0.25) is 0 Å². The molecule has 1 N–H and O–H groups in total. The number of hydrogen-bond donors (Lipinski definition) is 1. The lowest BCUT2D eigenvalue weighted by molar-refractivity contribution is 0.554. The Bertz CT molecular complexity index is 373. The van der Waals surface area contributed by atoms with Crippen molar-refractivity contribution in [2.75, 3.05) is 6.54 Å². The van der Waals surface area contributed by atoms with E-state index < -0.39 is 0 Å². The van der Waals surface area contributed by atoms with Gasteiger partial charge in [0, 0.05) is 6.04 Å². The summed E-state index contributed by atoms with van der Waals surface area (Å²) >= 11 is 0. The molecule has 0 bridgehead atoms. The van der Waals surface area contributed by atoms with Crippen molar-refractivity contribution in [3.05, 3.63) is 35.1 Å². The highest BCUT2D eigenvalue weighted by atomic mass is 19.1. The van der Waals surface area contributed by atoms with E-state index in [1.807, 2.05) is 19.1 Å². The lowest BCUT2D eigenvalue weighted by Crippen LogP contribution is -2.25. The van der Waals surface area contributed by atoms with Crippen molar-refractivity contribution in [3.63, 3.8) is 0 Å². The van der Waals surface area contributed by atoms with E-state index in [0.29, 0.717) is 12.0 Å². The second-order valence-corrected chi connectivity index (χ2v) is 5.17. The van der Waals surface area contributed by atoms with Crippen molar-refractivity contribution in [1.82, 2.24) is 5.32 Å². The van der Waals surface area contributed by atoms with E-state index in [2.05, 4.69) is 19.2 Å². The molecule has 1 fully saturated rings. The van der Waals surface area contributed by atoms with Gasteiger partial charge in [-0.25, -0.2) is 4.39 Å². The minimum atomic E-state index is -0.0961. The molecule has 0 aromatic heterocycles. The largest absolute Gasteiger partial charge is 0.314 e. The van der Waals surface area contributed by atoms with Crippen molar-refractivity contribution < 1.29 is 4.39 Å². The van der Waals surface area contributed by atoms with Crippen LogP contribution in [0.15, 0.2) is 18.2 Å². The summed E-state index contributed by atoms with van der Waals surface area (Å²) in [6, 6.07) is 6.07. The third-order valence-corrected chi connectivity index (χ3v) is 3.32. The molecule has 1 nitrogen and oxygen atoms in total.